The van der Waals surface area contributed by atoms with Gasteiger partial charge in [-0.2, -0.15) is 0 Å². The van der Waals surface area contributed by atoms with E-state index in [1.807, 2.05) is 24.3 Å². The fourth-order valence-electron chi connectivity index (χ4n) is 1.72. The fourth-order valence-corrected chi connectivity index (χ4v) is 2.07. The molecule has 0 aliphatic heterocycles. The lowest BCUT2D eigenvalue weighted by molar-refractivity contribution is 0.306. The van der Waals surface area contributed by atoms with E-state index in [4.69, 9.17) is 32.7 Å². The molecule has 106 valence electrons. The summed E-state index contributed by atoms with van der Waals surface area (Å²) in [7, 11) is 1.62. The third kappa shape index (κ3) is 3.95. The molecule has 1 N–H and O–H groups in total. The zero-order valence-electron chi connectivity index (χ0n) is 11.0. The van der Waals surface area contributed by atoms with Gasteiger partial charge in [0.25, 0.3) is 0 Å². The molecular weight excluding hydrogens is 297 g/mol. The number of para-hydroxylation sites is 2. The summed E-state index contributed by atoms with van der Waals surface area (Å²) in [5, 5.41) is 4.45. The van der Waals surface area contributed by atoms with Crippen LogP contribution in [0.4, 0.5) is 5.69 Å². The van der Waals surface area contributed by atoms with Crippen LogP contribution < -0.4 is 14.8 Å². The first-order chi connectivity index (χ1) is 9.70. The monoisotopic (exact) mass is 311 g/mol. The SMILES string of the molecule is COc1ccccc1OCCNc1cc(Cl)ccc1Cl. The van der Waals surface area contributed by atoms with Gasteiger partial charge < -0.3 is 14.8 Å². The van der Waals surface area contributed by atoms with Crippen LogP contribution in [0.15, 0.2) is 42.5 Å². The van der Waals surface area contributed by atoms with Gasteiger partial charge in [0.15, 0.2) is 11.5 Å². The molecule has 0 aromatic heterocycles. The van der Waals surface area contributed by atoms with Crippen molar-refractivity contribution in [3.63, 3.8) is 0 Å². The Bertz CT molecular complexity index is 576. The van der Waals surface area contributed by atoms with Gasteiger partial charge in [-0.05, 0) is 30.3 Å². The highest BCUT2D eigenvalue weighted by Gasteiger charge is 2.03. The van der Waals surface area contributed by atoms with Crippen molar-refractivity contribution >= 4 is 28.9 Å². The van der Waals surface area contributed by atoms with Crippen LogP contribution in [0.2, 0.25) is 10.0 Å². The van der Waals surface area contributed by atoms with E-state index >= 15 is 0 Å². The van der Waals surface area contributed by atoms with Crippen molar-refractivity contribution in [2.75, 3.05) is 25.6 Å². The number of halogens is 2. The van der Waals surface area contributed by atoms with Crippen LogP contribution in [-0.2, 0) is 0 Å². The van der Waals surface area contributed by atoms with Gasteiger partial charge in [-0.15, -0.1) is 0 Å². The number of ether oxygens (including phenoxy) is 2. The molecule has 0 saturated heterocycles. The molecule has 0 aliphatic carbocycles. The summed E-state index contributed by atoms with van der Waals surface area (Å²) in [6.07, 6.45) is 0. The maximum Gasteiger partial charge on any atom is 0.161 e. The highest BCUT2D eigenvalue weighted by molar-refractivity contribution is 6.35. The van der Waals surface area contributed by atoms with Crippen LogP contribution >= 0.6 is 23.2 Å². The highest BCUT2D eigenvalue weighted by atomic mass is 35.5. The lowest BCUT2D eigenvalue weighted by atomic mass is 10.3. The molecular formula is C15H15Cl2NO2. The van der Waals surface area contributed by atoms with Gasteiger partial charge in [-0.3, -0.25) is 0 Å². The average molecular weight is 312 g/mol. The highest BCUT2D eigenvalue weighted by Crippen LogP contribution is 2.26. The Hall–Kier alpha value is -1.58. The Balaban J connectivity index is 1.86. The molecule has 0 saturated carbocycles. The Morgan fingerprint density at radius 2 is 1.80 bits per heavy atom. The van der Waals surface area contributed by atoms with Crippen molar-refractivity contribution in [3.05, 3.63) is 52.5 Å². The molecule has 0 radical (unpaired) electrons. The van der Waals surface area contributed by atoms with Crippen molar-refractivity contribution in [1.29, 1.82) is 0 Å². The van der Waals surface area contributed by atoms with Gasteiger partial charge in [0.1, 0.15) is 6.61 Å². The molecule has 2 aromatic carbocycles. The lowest BCUT2D eigenvalue weighted by Gasteiger charge is -2.12. The first kappa shape index (κ1) is 14.8. The first-order valence-electron chi connectivity index (χ1n) is 6.15. The predicted octanol–water partition coefficient (Wildman–Crippen LogP) is 4.49. The van der Waals surface area contributed by atoms with Crippen molar-refractivity contribution < 1.29 is 9.47 Å². The first-order valence-corrected chi connectivity index (χ1v) is 6.91. The number of anilines is 1. The second-order valence-corrected chi connectivity index (χ2v) is 4.89. The largest absolute Gasteiger partial charge is 0.493 e. The van der Waals surface area contributed by atoms with Gasteiger partial charge in [0.05, 0.1) is 17.8 Å². The lowest BCUT2D eigenvalue weighted by Crippen LogP contribution is -2.12. The van der Waals surface area contributed by atoms with Crippen LogP contribution in [0.25, 0.3) is 0 Å². The number of methoxy groups -OCH3 is 1. The van der Waals surface area contributed by atoms with Crippen LogP contribution in [0.3, 0.4) is 0 Å². The average Bonchev–Trinajstić information content (AvgIpc) is 2.47. The number of benzene rings is 2. The third-order valence-electron chi connectivity index (χ3n) is 2.67. The van der Waals surface area contributed by atoms with Crippen molar-refractivity contribution in [2.24, 2.45) is 0 Å². The van der Waals surface area contributed by atoms with E-state index in [-0.39, 0.29) is 0 Å². The third-order valence-corrected chi connectivity index (χ3v) is 3.24. The van der Waals surface area contributed by atoms with Crippen LogP contribution in [0.5, 0.6) is 11.5 Å². The molecule has 0 unspecified atom stereocenters. The molecule has 0 fully saturated rings. The van der Waals surface area contributed by atoms with Crippen LogP contribution in [0, 0.1) is 0 Å². The van der Waals surface area contributed by atoms with Crippen molar-refractivity contribution in [1.82, 2.24) is 0 Å². The normalized spacial score (nSPS) is 10.2. The molecule has 5 heteroatoms. The number of rotatable bonds is 6. The topological polar surface area (TPSA) is 30.5 Å². The number of hydrogen-bond donors (Lipinski definition) is 1. The molecule has 0 spiro atoms. The Morgan fingerprint density at radius 3 is 2.55 bits per heavy atom. The van der Waals surface area contributed by atoms with E-state index in [0.29, 0.717) is 34.7 Å². The summed E-state index contributed by atoms with van der Waals surface area (Å²) in [5.74, 6) is 1.43. The molecule has 3 nitrogen and oxygen atoms in total. The van der Waals surface area contributed by atoms with E-state index in [9.17, 15) is 0 Å². The summed E-state index contributed by atoms with van der Waals surface area (Å²) in [4.78, 5) is 0. The maximum absolute atomic E-state index is 6.06. The van der Waals surface area contributed by atoms with Gasteiger partial charge in [0.2, 0.25) is 0 Å². The molecule has 0 atom stereocenters. The predicted molar refractivity (Wildman–Crippen MR) is 83.4 cm³/mol. The molecule has 2 rings (SSSR count). The minimum Gasteiger partial charge on any atom is -0.493 e. The van der Waals surface area contributed by atoms with Crippen molar-refractivity contribution in [3.8, 4) is 11.5 Å². The van der Waals surface area contributed by atoms with Crippen LogP contribution in [-0.4, -0.2) is 20.3 Å². The molecule has 0 bridgehead atoms. The molecule has 2 aromatic rings. The standard InChI is InChI=1S/C15H15Cl2NO2/c1-19-14-4-2-3-5-15(14)20-9-8-18-13-10-11(16)6-7-12(13)17/h2-7,10,18H,8-9H2,1H3. The Labute approximate surface area is 128 Å². The molecule has 0 heterocycles. The Morgan fingerprint density at radius 1 is 1.05 bits per heavy atom. The smallest absolute Gasteiger partial charge is 0.161 e. The van der Waals surface area contributed by atoms with Crippen molar-refractivity contribution in [2.45, 2.75) is 0 Å². The minimum atomic E-state index is 0.489. The number of nitrogens with one attached hydrogen (secondary N) is 1. The van der Waals surface area contributed by atoms with Gasteiger partial charge >= 0.3 is 0 Å². The maximum atomic E-state index is 6.06. The Kier molecular flexibility index (Phi) is 5.39. The van der Waals surface area contributed by atoms with E-state index in [0.717, 1.165) is 5.69 Å². The molecule has 0 aliphatic rings. The second-order valence-electron chi connectivity index (χ2n) is 4.05. The van der Waals surface area contributed by atoms with E-state index in [1.54, 1.807) is 25.3 Å². The zero-order valence-corrected chi connectivity index (χ0v) is 12.5. The minimum absolute atomic E-state index is 0.489. The molecule has 20 heavy (non-hydrogen) atoms. The van der Waals surface area contributed by atoms with Gasteiger partial charge in [-0.25, -0.2) is 0 Å². The quantitative estimate of drug-likeness (QED) is 0.797. The van der Waals surface area contributed by atoms with Crippen LogP contribution in [0.1, 0.15) is 0 Å². The zero-order chi connectivity index (χ0) is 14.4. The number of hydrogen-bond acceptors (Lipinski definition) is 3. The summed E-state index contributed by atoms with van der Waals surface area (Å²) in [5.41, 5.74) is 0.794. The second kappa shape index (κ2) is 7.27. The van der Waals surface area contributed by atoms with Gasteiger partial charge in [0, 0.05) is 11.6 Å². The summed E-state index contributed by atoms with van der Waals surface area (Å²) < 4.78 is 10.9. The van der Waals surface area contributed by atoms with E-state index in [2.05, 4.69) is 5.32 Å². The summed E-state index contributed by atoms with van der Waals surface area (Å²) in [6, 6.07) is 12.8. The summed E-state index contributed by atoms with van der Waals surface area (Å²) >= 11 is 12.0. The summed E-state index contributed by atoms with van der Waals surface area (Å²) in [6.45, 7) is 1.10. The van der Waals surface area contributed by atoms with Gasteiger partial charge in [-0.1, -0.05) is 35.3 Å². The van der Waals surface area contributed by atoms with E-state index in [1.165, 1.54) is 0 Å². The molecule has 0 amide bonds. The fraction of sp³-hybridized carbons (Fsp3) is 0.200. The van der Waals surface area contributed by atoms with E-state index < -0.39 is 0 Å².